The van der Waals surface area contributed by atoms with Crippen LogP contribution in [0, 0.1) is 0 Å². The number of Topliss-reactive ketones (excluding diaryl/α,β-unsaturated/α-hetero) is 1. The van der Waals surface area contributed by atoms with E-state index in [2.05, 4.69) is 10.6 Å². The molecule has 0 aromatic heterocycles. The molecule has 0 spiro atoms. The molecule has 0 aliphatic rings. The SMILES string of the molecule is C[C@H](NC(=O)OC(C)(C)C)C(=O)Cc1cccc(Cl)c1C(=O)Nc1ccc2ccccc2c1. The maximum absolute atomic E-state index is 13.1. The Hall–Kier alpha value is -3.38. The number of carbonyl (C=O) groups excluding carboxylic acids is 3. The number of fused-ring (bicyclic) bond motifs is 1. The zero-order valence-electron chi connectivity index (χ0n) is 19.1. The summed E-state index contributed by atoms with van der Waals surface area (Å²) in [5.74, 6) is -0.686. The summed E-state index contributed by atoms with van der Waals surface area (Å²) in [5, 5.41) is 7.70. The van der Waals surface area contributed by atoms with Gasteiger partial charge in [0.1, 0.15) is 5.60 Å². The van der Waals surface area contributed by atoms with Crippen LogP contribution in [0.3, 0.4) is 0 Å². The van der Waals surface area contributed by atoms with Crippen LogP contribution in [-0.4, -0.2) is 29.4 Å². The van der Waals surface area contributed by atoms with Crippen LogP contribution < -0.4 is 10.6 Å². The van der Waals surface area contributed by atoms with Crippen molar-refractivity contribution in [1.82, 2.24) is 5.32 Å². The topological polar surface area (TPSA) is 84.5 Å². The fraction of sp³-hybridized carbons (Fsp3) is 0.269. The van der Waals surface area contributed by atoms with Crippen LogP contribution in [0.5, 0.6) is 0 Å². The average Bonchev–Trinajstić information content (AvgIpc) is 2.72. The number of carbonyl (C=O) groups is 3. The summed E-state index contributed by atoms with van der Waals surface area (Å²) in [4.78, 5) is 37.8. The number of hydrogen-bond acceptors (Lipinski definition) is 4. The number of halogens is 1. The van der Waals surface area contributed by atoms with E-state index < -0.39 is 23.6 Å². The molecule has 0 radical (unpaired) electrons. The van der Waals surface area contributed by atoms with Crippen molar-refractivity contribution in [1.29, 1.82) is 0 Å². The zero-order chi connectivity index (χ0) is 24.2. The lowest BCUT2D eigenvalue weighted by Crippen LogP contribution is -2.42. The van der Waals surface area contributed by atoms with Crippen LogP contribution >= 0.6 is 11.6 Å². The first-order valence-corrected chi connectivity index (χ1v) is 11.0. The largest absolute Gasteiger partial charge is 0.444 e. The number of rotatable bonds is 6. The van der Waals surface area contributed by atoms with Gasteiger partial charge in [0, 0.05) is 12.1 Å². The molecule has 0 aliphatic carbocycles. The number of nitrogens with one attached hydrogen (secondary N) is 2. The molecule has 2 amide bonds. The normalized spacial score (nSPS) is 12.2. The lowest BCUT2D eigenvalue weighted by atomic mass is 9.99. The van der Waals surface area contributed by atoms with Gasteiger partial charge in [0.05, 0.1) is 16.6 Å². The average molecular weight is 467 g/mol. The highest BCUT2D eigenvalue weighted by Gasteiger charge is 2.23. The summed E-state index contributed by atoms with van der Waals surface area (Å²) in [7, 11) is 0. The van der Waals surface area contributed by atoms with Gasteiger partial charge in [-0.25, -0.2) is 4.79 Å². The molecule has 0 heterocycles. The van der Waals surface area contributed by atoms with Crippen LogP contribution in [0.1, 0.15) is 43.6 Å². The van der Waals surface area contributed by atoms with E-state index in [0.29, 0.717) is 11.3 Å². The number of ketones is 1. The Bertz CT molecular complexity index is 1200. The van der Waals surface area contributed by atoms with Crippen LogP contribution in [0.15, 0.2) is 60.7 Å². The standard InChI is InChI=1S/C26H27ClN2O4/c1-16(28-25(32)33-26(2,3)4)22(30)15-19-10-7-11-21(27)23(19)24(31)29-20-13-12-17-8-5-6-9-18(17)14-20/h5-14,16H,15H2,1-4H3,(H,28,32)(H,29,31)/t16-/m0/s1. The van der Waals surface area contributed by atoms with E-state index in [4.69, 9.17) is 16.3 Å². The van der Waals surface area contributed by atoms with Crippen LogP contribution in [0.25, 0.3) is 10.8 Å². The van der Waals surface area contributed by atoms with Gasteiger partial charge in [0.25, 0.3) is 5.91 Å². The van der Waals surface area contributed by atoms with Gasteiger partial charge in [-0.15, -0.1) is 0 Å². The zero-order valence-corrected chi connectivity index (χ0v) is 19.8. The van der Waals surface area contributed by atoms with Crippen molar-refractivity contribution >= 4 is 45.8 Å². The quantitative estimate of drug-likeness (QED) is 0.483. The second kappa shape index (κ2) is 10.0. The van der Waals surface area contributed by atoms with E-state index in [0.717, 1.165) is 10.8 Å². The number of ether oxygens (including phenoxy) is 1. The number of amides is 2. The number of alkyl carbamates (subject to hydrolysis) is 1. The van der Waals surface area contributed by atoms with E-state index in [1.165, 1.54) is 0 Å². The van der Waals surface area contributed by atoms with Crippen LogP contribution in [0.2, 0.25) is 5.02 Å². The Kier molecular flexibility index (Phi) is 7.39. The van der Waals surface area contributed by atoms with Crippen LogP contribution in [-0.2, 0) is 16.0 Å². The van der Waals surface area contributed by atoms with Crippen molar-refractivity contribution in [3.63, 3.8) is 0 Å². The molecule has 0 saturated heterocycles. The van der Waals surface area contributed by atoms with Crippen molar-refractivity contribution in [3.8, 4) is 0 Å². The fourth-order valence-electron chi connectivity index (χ4n) is 3.34. The van der Waals surface area contributed by atoms with Crippen molar-refractivity contribution in [2.24, 2.45) is 0 Å². The third kappa shape index (κ3) is 6.56. The van der Waals surface area contributed by atoms with Gasteiger partial charge in [-0.05, 0) is 62.2 Å². The molecule has 172 valence electrons. The maximum atomic E-state index is 13.1. The Balaban J connectivity index is 1.75. The molecule has 0 fully saturated rings. The monoisotopic (exact) mass is 466 g/mol. The summed E-state index contributed by atoms with van der Waals surface area (Å²) in [5.41, 5.74) is 0.651. The molecule has 0 saturated carbocycles. The van der Waals surface area contributed by atoms with Crippen molar-refractivity contribution < 1.29 is 19.1 Å². The first-order chi connectivity index (χ1) is 15.5. The number of anilines is 1. The molecule has 3 rings (SSSR count). The summed E-state index contributed by atoms with van der Waals surface area (Å²) >= 11 is 6.34. The molecule has 33 heavy (non-hydrogen) atoms. The highest BCUT2D eigenvalue weighted by molar-refractivity contribution is 6.34. The Labute approximate surface area is 198 Å². The summed E-state index contributed by atoms with van der Waals surface area (Å²) < 4.78 is 5.20. The summed E-state index contributed by atoms with van der Waals surface area (Å²) in [6.07, 6.45) is -0.749. The molecule has 0 aliphatic heterocycles. The predicted molar refractivity (Wildman–Crippen MR) is 131 cm³/mol. The van der Waals surface area contributed by atoms with E-state index in [1.807, 2.05) is 42.5 Å². The molecular weight excluding hydrogens is 440 g/mol. The Morgan fingerprint density at radius 2 is 1.67 bits per heavy atom. The second-order valence-electron chi connectivity index (χ2n) is 8.80. The van der Waals surface area contributed by atoms with Crippen molar-refractivity contribution in [3.05, 3.63) is 76.8 Å². The highest BCUT2D eigenvalue weighted by Crippen LogP contribution is 2.24. The van der Waals surface area contributed by atoms with Gasteiger partial charge < -0.3 is 15.4 Å². The van der Waals surface area contributed by atoms with Gasteiger partial charge in [-0.1, -0.05) is 54.1 Å². The minimum absolute atomic E-state index is 0.0714. The van der Waals surface area contributed by atoms with Gasteiger partial charge in [-0.3, -0.25) is 9.59 Å². The highest BCUT2D eigenvalue weighted by atomic mass is 35.5. The minimum atomic E-state index is -0.796. The summed E-state index contributed by atoms with van der Waals surface area (Å²) in [6, 6.07) is 17.6. The summed E-state index contributed by atoms with van der Waals surface area (Å²) in [6.45, 7) is 6.80. The lowest BCUT2D eigenvalue weighted by Gasteiger charge is -2.21. The molecule has 0 bridgehead atoms. The molecule has 0 unspecified atom stereocenters. The molecule has 3 aromatic rings. The van der Waals surface area contributed by atoms with Crippen molar-refractivity contribution in [2.75, 3.05) is 5.32 Å². The molecule has 7 heteroatoms. The maximum Gasteiger partial charge on any atom is 0.408 e. The second-order valence-corrected chi connectivity index (χ2v) is 9.21. The third-order valence-electron chi connectivity index (χ3n) is 4.92. The predicted octanol–water partition coefficient (Wildman–Crippen LogP) is 5.77. The first kappa shape index (κ1) is 24.3. The van der Waals surface area contributed by atoms with Gasteiger partial charge in [0.2, 0.25) is 0 Å². The number of hydrogen-bond donors (Lipinski definition) is 2. The minimum Gasteiger partial charge on any atom is -0.444 e. The van der Waals surface area contributed by atoms with E-state index in [-0.39, 0.29) is 22.8 Å². The van der Waals surface area contributed by atoms with Gasteiger partial charge >= 0.3 is 6.09 Å². The molecular formula is C26H27ClN2O4. The lowest BCUT2D eigenvalue weighted by molar-refractivity contribution is -0.120. The van der Waals surface area contributed by atoms with E-state index >= 15 is 0 Å². The van der Waals surface area contributed by atoms with Gasteiger partial charge in [-0.2, -0.15) is 0 Å². The molecule has 2 N–H and O–H groups in total. The fourth-order valence-corrected chi connectivity index (χ4v) is 3.62. The third-order valence-corrected chi connectivity index (χ3v) is 5.23. The van der Waals surface area contributed by atoms with Crippen molar-refractivity contribution in [2.45, 2.75) is 45.8 Å². The van der Waals surface area contributed by atoms with E-state index in [1.54, 1.807) is 45.9 Å². The Morgan fingerprint density at radius 1 is 0.970 bits per heavy atom. The molecule has 6 nitrogen and oxygen atoms in total. The smallest absolute Gasteiger partial charge is 0.408 e. The Morgan fingerprint density at radius 3 is 2.36 bits per heavy atom. The first-order valence-electron chi connectivity index (χ1n) is 10.6. The molecule has 3 aromatic carbocycles. The van der Waals surface area contributed by atoms with E-state index in [9.17, 15) is 14.4 Å². The number of benzene rings is 3. The van der Waals surface area contributed by atoms with Gasteiger partial charge in [0.15, 0.2) is 5.78 Å². The van der Waals surface area contributed by atoms with Crippen LogP contribution in [0.4, 0.5) is 10.5 Å². The molecule has 1 atom stereocenters.